The Morgan fingerprint density at radius 1 is 1.32 bits per heavy atom. The fraction of sp³-hybridized carbons (Fsp3) is 0.125. The Bertz CT molecular complexity index is 1050. The number of carbonyl (C=O) groups is 1. The number of rotatable bonds is 4. The Kier molecular flexibility index (Phi) is 4.61. The van der Waals surface area contributed by atoms with Crippen LogP contribution in [-0.4, -0.2) is 25.6 Å². The molecule has 3 aromatic rings. The number of fused-ring (bicyclic) bond motifs is 1. The molecular formula is C16H12Cl2N4O3. The fourth-order valence-corrected chi connectivity index (χ4v) is 2.81. The molecule has 0 aliphatic heterocycles. The molecule has 25 heavy (non-hydrogen) atoms. The van der Waals surface area contributed by atoms with Gasteiger partial charge in [-0.15, -0.1) is 0 Å². The van der Waals surface area contributed by atoms with Gasteiger partial charge in [0, 0.05) is 18.6 Å². The molecule has 2 heterocycles. The molecule has 0 aliphatic carbocycles. The van der Waals surface area contributed by atoms with Gasteiger partial charge in [-0.25, -0.2) is 14.8 Å². The molecule has 0 unspecified atom stereocenters. The summed E-state index contributed by atoms with van der Waals surface area (Å²) in [6.07, 6.45) is 1.43. The molecule has 3 rings (SSSR count). The Labute approximate surface area is 151 Å². The molecular weight excluding hydrogens is 367 g/mol. The van der Waals surface area contributed by atoms with E-state index < -0.39 is 5.97 Å². The lowest BCUT2D eigenvalue weighted by Crippen LogP contribution is -2.18. The van der Waals surface area contributed by atoms with Crippen molar-refractivity contribution in [2.24, 2.45) is 7.05 Å². The number of hydrogen-bond donors (Lipinski definition) is 2. The van der Waals surface area contributed by atoms with Crippen LogP contribution < -0.4 is 10.9 Å². The summed E-state index contributed by atoms with van der Waals surface area (Å²) in [5.41, 5.74) is 1.05. The van der Waals surface area contributed by atoms with Gasteiger partial charge in [0.25, 0.3) is 5.56 Å². The van der Waals surface area contributed by atoms with Crippen LogP contribution in [0.4, 0.5) is 5.69 Å². The number of aromatic nitrogens is 3. The summed E-state index contributed by atoms with van der Waals surface area (Å²) in [6.45, 7) is 0.209. The zero-order valence-electron chi connectivity index (χ0n) is 13.0. The minimum absolute atomic E-state index is 0.0846. The Balaban J connectivity index is 2.01. The molecule has 0 saturated carbocycles. The van der Waals surface area contributed by atoms with E-state index in [4.69, 9.17) is 23.2 Å². The summed E-state index contributed by atoms with van der Waals surface area (Å²) in [7, 11) is 1.60. The first-order chi connectivity index (χ1) is 11.9. The van der Waals surface area contributed by atoms with Crippen LogP contribution >= 0.6 is 23.2 Å². The molecule has 0 radical (unpaired) electrons. The van der Waals surface area contributed by atoms with E-state index in [2.05, 4.69) is 15.3 Å². The molecule has 1 aromatic carbocycles. The van der Waals surface area contributed by atoms with Crippen molar-refractivity contribution in [1.29, 1.82) is 0 Å². The highest BCUT2D eigenvalue weighted by Gasteiger charge is 2.14. The monoisotopic (exact) mass is 378 g/mol. The smallest absolute Gasteiger partial charge is 0.356 e. The third kappa shape index (κ3) is 3.42. The SMILES string of the molecule is Cn1cnc2c(CNc3ccc(Cl)nc3C(=O)O)cc(Cl)cc2c1=O. The van der Waals surface area contributed by atoms with Gasteiger partial charge in [-0.3, -0.25) is 4.79 Å². The predicted octanol–water partition coefficient (Wildman–Crippen LogP) is 2.95. The number of carboxylic acids is 1. The van der Waals surface area contributed by atoms with Gasteiger partial charge in [-0.1, -0.05) is 23.2 Å². The summed E-state index contributed by atoms with van der Waals surface area (Å²) in [4.78, 5) is 31.6. The quantitative estimate of drug-likeness (QED) is 0.677. The molecule has 2 N–H and O–H groups in total. The van der Waals surface area contributed by atoms with Crippen molar-refractivity contribution in [3.63, 3.8) is 0 Å². The fourth-order valence-electron chi connectivity index (χ4n) is 2.42. The zero-order chi connectivity index (χ0) is 18.1. The molecule has 0 aliphatic rings. The summed E-state index contributed by atoms with van der Waals surface area (Å²) < 4.78 is 1.36. The number of carboxylic acid groups (broad SMARTS) is 1. The highest BCUT2D eigenvalue weighted by atomic mass is 35.5. The maximum absolute atomic E-state index is 12.2. The Hall–Kier alpha value is -2.64. The summed E-state index contributed by atoms with van der Waals surface area (Å²) >= 11 is 11.8. The van der Waals surface area contributed by atoms with Gasteiger partial charge in [0.1, 0.15) is 5.15 Å². The lowest BCUT2D eigenvalue weighted by Gasteiger charge is -2.11. The largest absolute Gasteiger partial charge is 0.476 e. The molecule has 9 heteroatoms. The number of nitrogens with one attached hydrogen (secondary N) is 1. The number of aromatic carboxylic acids is 1. The second-order valence-electron chi connectivity index (χ2n) is 5.31. The average Bonchev–Trinajstić information content (AvgIpc) is 2.57. The van der Waals surface area contributed by atoms with E-state index >= 15 is 0 Å². The van der Waals surface area contributed by atoms with E-state index in [-0.39, 0.29) is 23.0 Å². The first-order valence-electron chi connectivity index (χ1n) is 7.14. The van der Waals surface area contributed by atoms with Gasteiger partial charge in [0.05, 0.1) is 22.9 Å². The molecule has 0 amide bonds. The molecule has 0 fully saturated rings. The van der Waals surface area contributed by atoms with Crippen LogP contribution in [-0.2, 0) is 13.6 Å². The lowest BCUT2D eigenvalue weighted by molar-refractivity contribution is 0.0691. The number of benzene rings is 1. The second kappa shape index (κ2) is 6.70. The van der Waals surface area contributed by atoms with E-state index in [9.17, 15) is 14.7 Å². The van der Waals surface area contributed by atoms with Crippen LogP contribution in [0.3, 0.4) is 0 Å². The first-order valence-corrected chi connectivity index (χ1v) is 7.90. The van der Waals surface area contributed by atoms with Crippen LogP contribution in [0.25, 0.3) is 10.9 Å². The van der Waals surface area contributed by atoms with E-state index in [1.54, 1.807) is 19.2 Å². The van der Waals surface area contributed by atoms with Crippen LogP contribution in [0.2, 0.25) is 10.2 Å². The number of hydrogen-bond acceptors (Lipinski definition) is 5. The van der Waals surface area contributed by atoms with Crippen molar-refractivity contribution >= 4 is 45.8 Å². The number of nitrogens with zero attached hydrogens (tertiary/aromatic N) is 3. The third-order valence-electron chi connectivity index (χ3n) is 3.60. The molecule has 0 bridgehead atoms. The minimum Gasteiger partial charge on any atom is -0.476 e. The Morgan fingerprint density at radius 3 is 2.80 bits per heavy atom. The maximum atomic E-state index is 12.2. The van der Waals surface area contributed by atoms with Gasteiger partial charge in [0.2, 0.25) is 0 Å². The van der Waals surface area contributed by atoms with Crippen molar-refractivity contribution in [3.05, 3.63) is 62.4 Å². The van der Waals surface area contributed by atoms with Crippen molar-refractivity contribution in [3.8, 4) is 0 Å². The first kappa shape index (κ1) is 17.2. The molecule has 0 spiro atoms. The zero-order valence-corrected chi connectivity index (χ0v) is 14.5. The normalized spacial score (nSPS) is 10.8. The van der Waals surface area contributed by atoms with E-state index in [0.717, 1.165) is 0 Å². The second-order valence-corrected chi connectivity index (χ2v) is 6.13. The molecule has 128 valence electrons. The molecule has 2 aromatic heterocycles. The predicted molar refractivity (Wildman–Crippen MR) is 95.5 cm³/mol. The molecule has 7 nitrogen and oxygen atoms in total. The minimum atomic E-state index is -1.20. The molecule has 0 atom stereocenters. The van der Waals surface area contributed by atoms with E-state index in [0.29, 0.717) is 27.2 Å². The van der Waals surface area contributed by atoms with E-state index in [1.165, 1.54) is 23.0 Å². The van der Waals surface area contributed by atoms with Gasteiger partial charge in [0.15, 0.2) is 5.69 Å². The maximum Gasteiger partial charge on any atom is 0.356 e. The van der Waals surface area contributed by atoms with Crippen LogP contribution in [0.5, 0.6) is 0 Å². The number of aryl methyl sites for hydroxylation is 1. The third-order valence-corrected chi connectivity index (χ3v) is 4.03. The summed E-state index contributed by atoms with van der Waals surface area (Å²) in [5, 5.41) is 13.1. The van der Waals surface area contributed by atoms with Crippen LogP contribution in [0.15, 0.2) is 35.4 Å². The Morgan fingerprint density at radius 2 is 2.08 bits per heavy atom. The highest BCUT2D eigenvalue weighted by Crippen LogP contribution is 2.23. The van der Waals surface area contributed by atoms with Gasteiger partial charge in [-0.05, 0) is 29.8 Å². The van der Waals surface area contributed by atoms with Crippen molar-refractivity contribution in [2.45, 2.75) is 6.54 Å². The van der Waals surface area contributed by atoms with Gasteiger partial charge in [-0.2, -0.15) is 0 Å². The number of anilines is 1. The molecule has 0 saturated heterocycles. The van der Waals surface area contributed by atoms with Crippen LogP contribution in [0.1, 0.15) is 16.1 Å². The lowest BCUT2D eigenvalue weighted by atomic mass is 10.1. The van der Waals surface area contributed by atoms with E-state index in [1.807, 2.05) is 0 Å². The average molecular weight is 379 g/mol. The van der Waals surface area contributed by atoms with Crippen molar-refractivity contribution in [2.75, 3.05) is 5.32 Å². The summed E-state index contributed by atoms with van der Waals surface area (Å²) in [5.74, 6) is -1.20. The number of pyridine rings is 1. The highest BCUT2D eigenvalue weighted by molar-refractivity contribution is 6.31. The van der Waals surface area contributed by atoms with Gasteiger partial charge >= 0.3 is 5.97 Å². The van der Waals surface area contributed by atoms with Crippen molar-refractivity contribution < 1.29 is 9.90 Å². The summed E-state index contributed by atoms with van der Waals surface area (Å²) in [6, 6.07) is 6.24. The topological polar surface area (TPSA) is 97.1 Å². The number of halogens is 2. The van der Waals surface area contributed by atoms with Crippen LogP contribution in [0, 0.1) is 0 Å². The standard InChI is InChI=1S/C16H12Cl2N4O3/c1-22-7-20-13-8(4-9(17)5-10(13)15(22)23)6-19-11-2-3-12(18)21-14(11)16(24)25/h2-5,7,19H,6H2,1H3,(H,24,25). The van der Waals surface area contributed by atoms with Crippen molar-refractivity contribution in [1.82, 2.24) is 14.5 Å². The van der Waals surface area contributed by atoms with Gasteiger partial charge < -0.3 is 15.0 Å².